The molecule has 0 amide bonds. The van der Waals surface area contributed by atoms with Gasteiger partial charge in [0.15, 0.2) is 0 Å². The van der Waals surface area contributed by atoms with Gasteiger partial charge in [0.2, 0.25) is 0 Å². The fraction of sp³-hybridized carbons (Fsp3) is 1.00. The molecule has 0 aromatic heterocycles. The van der Waals surface area contributed by atoms with E-state index in [-0.39, 0.29) is 0 Å². The summed E-state index contributed by atoms with van der Waals surface area (Å²) >= 11 is 7.16. The van der Waals surface area contributed by atoms with Gasteiger partial charge in [0.05, 0.1) is 0 Å². The normalized spacial score (nSPS) is 25.3. The Hall–Kier alpha value is 1.22. The van der Waals surface area contributed by atoms with Crippen LogP contribution in [0.4, 0.5) is 0 Å². The Kier molecular flexibility index (Phi) is 2.98. The second-order valence-electron chi connectivity index (χ2n) is 1.38. The summed E-state index contributed by atoms with van der Waals surface area (Å²) in [5, 5.41) is 0. The van der Waals surface area contributed by atoms with Crippen molar-refractivity contribution in [2.24, 2.45) is 0 Å². The van der Waals surface area contributed by atoms with Crippen LogP contribution in [0, 0.1) is 0 Å². The van der Waals surface area contributed by atoms with Crippen LogP contribution in [0.3, 0.4) is 0 Å². The minimum atomic E-state index is 0.744. The van der Waals surface area contributed by atoms with Crippen LogP contribution in [-0.4, -0.2) is 31.0 Å². The Labute approximate surface area is 61.0 Å². The van der Waals surface area contributed by atoms with E-state index >= 15 is 0 Å². The van der Waals surface area contributed by atoms with Crippen molar-refractivity contribution >= 4 is 39.5 Å². The molecule has 1 rings (SSSR count). The Morgan fingerprint density at radius 1 is 1.29 bits per heavy atom. The van der Waals surface area contributed by atoms with Crippen molar-refractivity contribution in [1.82, 2.24) is 0 Å². The third-order valence-corrected chi connectivity index (χ3v) is 4.92. The van der Waals surface area contributed by atoms with Crippen LogP contribution < -0.4 is 0 Å². The monoisotopic (exact) mass is 199 g/mol. The summed E-state index contributed by atoms with van der Waals surface area (Å²) in [7, 11) is 0. The summed E-state index contributed by atoms with van der Waals surface area (Å²) in [6.45, 7) is 0. The topological polar surface area (TPSA) is 0 Å². The van der Waals surface area contributed by atoms with Crippen LogP contribution in [0.1, 0.15) is 6.42 Å². The molecule has 0 N–H and O–H groups in total. The van der Waals surface area contributed by atoms with Crippen LogP contribution in [0.25, 0.3) is 0 Å². The van der Waals surface area contributed by atoms with Gasteiger partial charge in [0.25, 0.3) is 0 Å². The maximum absolute atomic E-state index is 3.10. The molecule has 0 aromatic carbocycles. The van der Waals surface area contributed by atoms with Gasteiger partial charge in [-0.25, -0.2) is 0 Å². The van der Waals surface area contributed by atoms with Crippen LogP contribution in [0.5, 0.6) is 0 Å². The van der Waals surface area contributed by atoms with Gasteiger partial charge in [-0.2, -0.15) is 0 Å². The first-order valence-corrected chi connectivity index (χ1v) is 5.37. The van der Waals surface area contributed by atoms with E-state index in [1.807, 2.05) is 23.5 Å². The number of thioether (sulfide) groups is 2. The molecule has 1 aliphatic rings. The first-order valence-electron chi connectivity index (χ1n) is 2.28. The average molecular weight is 198 g/mol. The number of rotatable bonds is 0. The third-order valence-electron chi connectivity index (χ3n) is 0.797. The molecule has 1 heterocycles. The van der Waals surface area contributed by atoms with Gasteiger partial charge in [-0.3, -0.25) is 0 Å². The molecule has 1 saturated heterocycles. The van der Waals surface area contributed by atoms with E-state index in [0.29, 0.717) is 0 Å². The molecule has 1 fully saturated rings. The van der Waals surface area contributed by atoms with Crippen molar-refractivity contribution in [2.45, 2.75) is 9.90 Å². The van der Waals surface area contributed by atoms with Crippen LogP contribution in [0.15, 0.2) is 0 Å². The molecular formula is C4H7S2Se. The van der Waals surface area contributed by atoms with Crippen LogP contribution in [-0.2, 0) is 0 Å². The van der Waals surface area contributed by atoms with Gasteiger partial charge in [-0.05, 0) is 0 Å². The standard InChI is InChI=1S/C4H7S2Se/c7-4-5-2-1-3-6-4/h4H,1-3H2. The maximum atomic E-state index is 3.10. The van der Waals surface area contributed by atoms with Crippen molar-refractivity contribution in [1.29, 1.82) is 0 Å². The third kappa shape index (κ3) is 2.31. The SMILES string of the molecule is [Se]C1SCCCS1. The predicted molar refractivity (Wildman–Crippen MR) is 39.1 cm³/mol. The summed E-state index contributed by atoms with van der Waals surface area (Å²) < 4.78 is 0.744. The quantitative estimate of drug-likeness (QED) is 0.538. The molecular weight excluding hydrogens is 191 g/mol. The fourth-order valence-corrected chi connectivity index (χ4v) is 3.83. The first-order chi connectivity index (χ1) is 3.39. The average Bonchev–Trinajstić information content (AvgIpc) is 1.69. The van der Waals surface area contributed by atoms with Crippen molar-refractivity contribution < 1.29 is 0 Å². The molecule has 0 atom stereocenters. The molecule has 0 saturated carbocycles. The zero-order valence-corrected chi connectivity index (χ0v) is 7.27. The number of hydrogen-bond acceptors (Lipinski definition) is 2. The molecule has 1 aliphatic heterocycles. The Morgan fingerprint density at radius 3 is 2.14 bits per heavy atom. The summed E-state index contributed by atoms with van der Waals surface area (Å²) in [6.07, 6.45) is 1.40. The molecule has 41 valence electrons. The molecule has 3 heteroatoms. The van der Waals surface area contributed by atoms with Gasteiger partial charge in [0, 0.05) is 0 Å². The summed E-state index contributed by atoms with van der Waals surface area (Å²) in [4.78, 5) is 0. The first kappa shape index (κ1) is 6.34. The van der Waals surface area contributed by atoms with Crippen molar-refractivity contribution in [2.75, 3.05) is 11.5 Å². The van der Waals surface area contributed by atoms with E-state index in [1.54, 1.807) is 0 Å². The Balaban J connectivity index is 2.12. The number of hydrogen-bond donors (Lipinski definition) is 0. The molecule has 0 bridgehead atoms. The molecule has 0 unspecified atom stereocenters. The molecule has 0 aliphatic carbocycles. The van der Waals surface area contributed by atoms with Crippen LogP contribution >= 0.6 is 23.5 Å². The van der Waals surface area contributed by atoms with Gasteiger partial charge < -0.3 is 0 Å². The summed E-state index contributed by atoms with van der Waals surface area (Å²) in [6, 6.07) is 0. The fourth-order valence-electron chi connectivity index (χ4n) is 0.466. The van der Waals surface area contributed by atoms with Gasteiger partial charge in [-0.15, -0.1) is 0 Å². The predicted octanol–water partition coefficient (Wildman–Crippen LogP) is 1.31. The zero-order valence-electron chi connectivity index (χ0n) is 3.92. The van der Waals surface area contributed by atoms with E-state index in [0.717, 1.165) is 3.48 Å². The van der Waals surface area contributed by atoms with E-state index in [1.165, 1.54) is 17.9 Å². The molecule has 0 aromatic rings. The van der Waals surface area contributed by atoms with E-state index in [2.05, 4.69) is 16.0 Å². The molecule has 7 heavy (non-hydrogen) atoms. The van der Waals surface area contributed by atoms with Crippen LogP contribution in [0.2, 0.25) is 0 Å². The molecule has 1 radical (unpaired) electrons. The van der Waals surface area contributed by atoms with Crippen molar-refractivity contribution in [3.8, 4) is 0 Å². The minimum absolute atomic E-state index is 0.744. The second-order valence-corrected chi connectivity index (χ2v) is 6.44. The molecule has 0 spiro atoms. The van der Waals surface area contributed by atoms with Gasteiger partial charge in [0.1, 0.15) is 0 Å². The zero-order chi connectivity index (χ0) is 5.11. The van der Waals surface area contributed by atoms with Gasteiger partial charge in [-0.1, -0.05) is 0 Å². The summed E-state index contributed by atoms with van der Waals surface area (Å²) in [5.74, 6) is 2.70. The Bertz CT molecular complexity index is 51.7. The Morgan fingerprint density at radius 2 is 1.86 bits per heavy atom. The second kappa shape index (κ2) is 3.29. The van der Waals surface area contributed by atoms with Gasteiger partial charge >= 0.3 is 60.9 Å². The van der Waals surface area contributed by atoms with E-state index in [4.69, 9.17) is 0 Å². The molecule has 0 nitrogen and oxygen atoms in total. The van der Waals surface area contributed by atoms with Crippen molar-refractivity contribution in [3.05, 3.63) is 0 Å². The van der Waals surface area contributed by atoms with E-state index in [9.17, 15) is 0 Å². The summed E-state index contributed by atoms with van der Waals surface area (Å²) in [5.41, 5.74) is 0. The van der Waals surface area contributed by atoms with E-state index < -0.39 is 0 Å². The van der Waals surface area contributed by atoms with Crippen molar-refractivity contribution in [3.63, 3.8) is 0 Å².